The summed E-state index contributed by atoms with van der Waals surface area (Å²) in [6, 6.07) is 2.87. The zero-order valence-corrected chi connectivity index (χ0v) is 9.61. The maximum Gasteiger partial charge on any atom is 0.254 e. The third kappa shape index (κ3) is 2.12. The summed E-state index contributed by atoms with van der Waals surface area (Å²) in [7, 11) is 0. The highest BCUT2D eigenvalue weighted by Crippen LogP contribution is 2.22. The van der Waals surface area contributed by atoms with Crippen LogP contribution >= 0.6 is 15.9 Å². The quantitative estimate of drug-likeness (QED) is 0.870. The van der Waals surface area contributed by atoms with Crippen molar-refractivity contribution >= 4 is 21.8 Å². The van der Waals surface area contributed by atoms with Crippen LogP contribution in [0, 0.1) is 12.7 Å². The van der Waals surface area contributed by atoms with Crippen molar-refractivity contribution in [2.24, 2.45) is 0 Å². The number of amides is 1. The van der Waals surface area contributed by atoms with Crippen molar-refractivity contribution in [3.05, 3.63) is 33.5 Å². The lowest BCUT2D eigenvalue weighted by Crippen LogP contribution is -2.24. The summed E-state index contributed by atoms with van der Waals surface area (Å²) in [4.78, 5) is 11.5. The standard InChI is InChI=1S/C10H11BrFNO/c1-3-13-10(14)9-6(2)7(11)4-5-8(9)12/h4-5H,3H2,1-2H3,(H,13,14). The molecule has 0 atom stereocenters. The molecule has 0 heterocycles. The summed E-state index contributed by atoms with van der Waals surface area (Å²) >= 11 is 3.25. The molecule has 0 unspecified atom stereocenters. The predicted molar refractivity (Wildman–Crippen MR) is 56.8 cm³/mol. The third-order valence-corrected chi connectivity index (χ3v) is 2.77. The van der Waals surface area contributed by atoms with E-state index >= 15 is 0 Å². The first-order chi connectivity index (χ1) is 6.57. The number of benzene rings is 1. The summed E-state index contributed by atoms with van der Waals surface area (Å²) in [6.45, 7) is 3.99. The van der Waals surface area contributed by atoms with Crippen LogP contribution in [0.3, 0.4) is 0 Å². The topological polar surface area (TPSA) is 29.1 Å². The number of nitrogens with one attached hydrogen (secondary N) is 1. The number of halogens is 2. The van der Waals surface area contributed by atoms with Gasteiger partial charge < -0.3 is 5.32 Å². The molecule has 4 heteroatoms. The molecular weight excluding hydrogens is 249 g/mol. The predicted octanol–water partition coefficient (Wildman–Crippen LogP) is 2.65. The highest BCUT2D eigenvalue weighted by molar-refractivity contribution is 9.10. The third-order valence-electron chi connectivity index (χ3n) is 1.91. The van der Waals surface area contributed by atoms with E-state index in [9.17, 15) is 9.18 Å². The first kappa shape index (κ1) is 11.2. The Balaban J connectivity index is 3.18. The molecule has 0 aromatic heterocycles. The number of carbonyl (C=O) groups is 1. The molecule has 0 saturated carbocycles. The molecule has 0 aliphatic heterocycles. The van der Waals surface area contributed by atoms with E-state index in [1.165, 1.54) is 6.07 Å². The van der Waals surface area contributed by atoms with Crippen LogP contribution in [0.25, 0.3) is 0 Å². The second-order valence-electron chi connectivity index (χ2n) is 2.89. The lowest BCUT2D eigenvalue weighted by atomic mass is 10.1. The van der Waals surface area contributed by atoms with E-state index in [2.05, 4.69) is 21.2 Å². The second kappa shape index (κ2) is 4.55. The normalized spacial score (nSPS) is 10.0. The van der Waals surface area contributed by atoms with Crippen molar-refractivity contribution in [2.75, 3.05) is 6.54 Å². The average Bonchev–Trinajstić information content (AvgIpc) is 2.13. The minimum atomic E-state index is -0.489. The summed E-state index contributed by atoms with van der Waals surface area (Å²) in [5.41, 5.74) is 0.733. The fourth-order valence-electron chi connectivity index (χ4n) is 1.18. The first-order valence-electron chi connectivity index (χ1n) is 4.30. The molecule has 1 amide bonds. The minimum Gasteiger partial charge on any atom is -0.352 e. The van der Waals surface area contributed by atoms with Crippen LogP contribution in [0.1, 0.15) is 22.8 Å². The van der Waals surface area contributed by atoms with E-state index in [1.807, 2.05) is 0 Å². The van der Waals surface area contributed by atoms with Gasteiger partial charge >= 0.3 is 0 Å². The van der Waals surface area contributed by atoms with Gasteiger partial charge in [-0.05, 0) is 31.5 Å². The van der Waals surface area contributed by atoms with Gasteiger partial charge in [-0.3, -0.25) is 4.79 Å². The average molecular weight is 260 g/mol. The van der Waals surface area contributed by atoms with Gasteiger partial charge in [0.05, 0.1) is 5.56 Å². The number of hydrogen-bond acceptors (Lipinski definition) is 1. The Hall–Kier alpha value is -0.900. The summed E-state index contributed by atoms with van der Waals surface area (Å²) in [5, 5.41) is 2.57. The van der Waals surface area contributed by atoms with Gasteiger partial charge in [0.15, 0.2) is 0 Å². The van der Waals surface area contributed by atoms with E-state index in [0.29, 0.717) is 12.1 Å². The van der Waals surface area contributed by atoms with Crippen molar-refractivity contribution in [3.63, 3.8) is 0 Å². The second-order valence-corrected chi connectivity index (χ2v) is 3.74. The van der Waals surface area contributed by atoms with E-state index in [-0.39, 0.29) is 11.5 Å². The molecule has 0 saturated heterocycles. The Labute approximate surface area is 90.6 Å². The molecule has 1 aromatic carbocycles. The first-order valence-corrected chi connectivity index (χ1v) is 5.10. The summed E-state index contributed by atoms with van der Waals surface area (Å²) in [5.74, 6) is -0.861. The molecule has 2 nitrogen and oxygen atoms in total. The SMILES string of the molecule is CCNC(=O)c1c(F)ccc(Br)c1C. The van der Waals surface area contributed by atoms with E-state index < -0.39 is 5.82 Å². The van der Waals surface area contributed by atoms with Crippen LogP contribution in [0.2, 0.25) is 0 Å². The van der Waals surface area contributed by atoms with Crippen LogP contribution in [-0.2, 0) is 0 Å². The molecule has 0 spiro atoms. The zero-order chi connectivity index (χ0) is 10.7. The van der Waals surface area contributed by atoms with Gasteiger partial charge in [-0.15, -0.1) is 0 Å². The van der Waals surface area contributed by atoms with Crippen molar-refractivity contribution in [1.82, 2.24) is 5.32 Å². The van der Waals surface area contributed by atoms with Gasteiger partial charge in [0, 0.05) is 11.0 Å². The number of rotatable bonds is 2. The Bertz CT molecular complexity index is 365. The van der Waals surface area contributed by atoms with Gasteiger partial charge in [-0.2, -0.15) is 0 Å². The fraction of sp³-hybridized carbons (Fsp3) is 0.300. The highest BCUT2D eigenvalue weighted by Gasteiger charge is 2.15. The van der Waals surface area contributed by atoms with Crippen LogP contribution in [-0.4, -0.2) is 12.5 Å². The van der Waals surface area contributed by atoms with Crippen molar-refractivity contribution < 1.29 is 9.18 Å². The fourth-order valence-corrected chi connectivity index (χ4v) is 1.51. The molecule has 76 valence electrons. The molecule has 0 radical (unpaired) electrons. The molecule has 0 aliphatic rings. The highest BCUT2D eigenvalue weighted by atomic mass is 79.9. The van der Waals surface area contributed by atoms with Crippen molar-refractivity contribution in [1.29, 1.82) is 0 Å². The Morgan fingerprint density at radius 1 is 1.57 bits per heavy atom. The van der Waals surface area contributed by atoms with Crippen LogP contribution in [0.15, 0.2) is 16.6 Å². The lowest BCUT2D eigenvalue weighted by molar-refractivity contribution is 0.0951. The van der Waals surface area contributed by atoms with Crippen molar-refractivity contribution in [2.45, 2.75) is 13.8 Å². The van der Waals surface area contributed by atoms with E-state index in [4.69, 9.17) is 0 Å². The molecule has 0 aliphatic carbocycles. The monoisotopic (exact) mass is 259 g/mol. The summed E-state index contributed by atoms with van der Waals surface area (Å²) in [6.07, 6.45) is 0. The molecule has 1 rings (SSSR count). The van der Waals surface area contributed by atoms with Gasteiger partial charge in [0.1, 0.15) is 5.82 Å². The smallest absolute Gasteiger partial charge is 0.254 e. The molecule has 1 N–H and O–H groups in total. The molecule has 0 bridgehead atoms. The van der Waals surface area contributed by atoms with Crippen molar-refractivity contribution in [3.8, 4) is 0 Å². The van der Waals surface area contributed by atoms with Crippen LogP contribution in [0.4, 0.5) is 4.39 Å². The molecular formula is C10H11BrFNO. The Kier molecular flexibility index (Phi) is 3.63. The van der Waals surface area contributed by atoms with Crippen LogP contribution < -0.4 is 5.32 Å². The maximum atomic E-state index is 13.3. The van der Waals surface area contributed by atoms with Gasteiger partial charge in [0.25, 0.3) is 5.91 Å². The van der Waals surface area contributed by atoms with Gasteiger partial charge in [0.2, 0.25) is 0 Å². The number of hydrogen-bond donors (Lipinski definition) is 1. The van der Waals surface area contributed by atoms with Gasteiger partial charge in [-0.25, -0.2) is 4.39 Å². The molecule has 14 heavy (non-hydrogen) atoms. The summed E-state index contributed by atoms with van der Waals surface area (Å²) < 4.78 is 14.1. The van der Waals surface area contributed by atoms with Gasteiger partial charge in [-0.1, -0.05) is 15.9 Å². The minimum absolute atomic E-state index is 0.112. The lowest BCUT2D eigenvalue weighted by Gasteiger charge is -2.08. The van der Waals surface area contributed by atoms with Crippen LogP contribution in [0.5, 0.6) is 0 Å². The largest absolute Gasteiger partial charge is 0.352 e. The zero-order valence-electron chi connectivity index (χ0n) is 8.03. The Morgan fingerprint density at radius 2 is 2.21 bits per heavy atom. The Morgan fingerprint density at radius 3 is 2.79 bits per heavy atom. The molecule has 1 aromatic rings. The number of carbonyl (C=O) groups excluding carboxylic acids is 1. The molecule has 0 fully saturated rings. The van der Waals surface area contributed by atoms with E-state index in [1.54, 1.807) is 19.9 Å². The van der Waals surface area contributed by atoms with E-state index in [0.717, 1.165) is 4.47 Å². The maximum absolute atomic E-state index is 13.3.